The van der Waals surface area contributed by atoms with Crippen molar-refractivity contribution in [2.24, 2.45) is 17.3 Å². The standard InChI is InChI=1S/C22H31NO4/c1-26-18-4-3-15(8-19(18)27-2)5-6-23-20(24)13-21-9-16-7-17(10-21)12-22(25,11-16)14-21/h3-4,8,16-17,25H,5-7,9-14H2,1-2H3,(H,23,24). The number of carbonyl (C=O) groups is 1. The molecule has 0 aromatic heterocycles. The van der Waals surface area contributed by atoms with E-state index in [0.29, 0.717) is 36.3 Å². The SMILES string of the molecule is COc1ccc(CCNC(=O)CC23CC4CC(CC(O)(C4)C2)C3)cc1OC. The van der Waals surface area contributed by atoms with Crippen LogP contribution in [0.2, 0.25) is 0 Å². The van der Waals surface area contributed by atoms with Crippen molar-refractivity contribution in [3.05, 3.63) is 23.8 Å². The number of methoxy groups -OCH3 is 2. The van der Waals surface area contributed by atoms with Crippen LogP contribution in [-0.4, -0.2) is 37.4 Å². The van der Waals surface area contributed by atoms with E-state index in [2.05, 4.69) is 5.32 Å². The molecule has 1 amide bonds. The van der Waals surface area contributed by atoms with Crippen LogP contribution in [0.25, 0.3) is 0 Å². The van der Waals surface area contributed by atoms with Crippen molar-refractivity contribution in [3.8, 4) is 11.5 Å². The van der Waals surface area contributed by atoms with Crippen molar-refractivity contribution in [1.82, 2.24) is 5.32 Å². The quantitative estimate of drug-likeness (QED) is 0.771. The maximum absolute atomic E-state index is 12.6. The van der Waals surface area contributed by atoms with E-state index in [0.717, 1.165) is 44.1 Å². The van der Waals surface area contributed by atoms with Gasteiger partial charge in [0.2, 0.25) is 5.91 Å². The van der Waals surface area contributed by atoms with Crippen molar-refractivity contribution in [2.45, 2.75) is 57.0 Å². The van der Waals surface area contributed by atoms with Crippen LogP contribution in [0.15, 0.2) is 18.2 Å². The molecule has 5 rings (SSSR count). The molecule has 0 spiro atoms. The predicted molar refractivity (Wildman–Crippen MR) is 103 cm³/mol. The van der Waals surface area contributed by atoms with Gasteiger partial charge in [0.1, 0.15) is 0 Å². The molecule has 4 bridgehead atoms. The van der Waals surface area contributed by atoms with E-state index in [9.17, 15) is 9.90 Å². The van der Waals surface area contributed by atoms with Crippen LogP contribution in [0.4, 0.5) is 0 Å². The van der Waals surface area contributed by atoms with Gasteiger partial charge in [-0.15, -0.1) is 0 Å². The summed E-state index contributed by atoms with van der Waals surface area (Å²) >= 11 is 0. The second-order valence-electron chi connectivity index (χ2n) is 9.15. The molecule has 0 radical (unpaired) electrons. The number of ether oxygens (including phenoxy) is 2. The monoisotopic (exact) mass is 373 g/mol. The largest absolute Gasteiger partial charge is 0.493 e. The zero-order valence-corrected chi connectivity index (χ0v) is 16.4. The Morgan fingerprint density at radius 3 is 2.48 bits per heavy atom. The Kier molecular flexibility index (Phi) is 4.83. The third-order valence-corrected chi connectivity index (χ3v) is 6.87. The summed E-state index contributed by atoms with van der Waals surface area (Å²) in [5, 5.41) is 13.9. The number of amides is 1. The molecule has 148 valence electrons. The van der Waals surface area contributed by atoms with Gasteiger partial charge in [-0.25, -0.2) is 0 Å². The summed E-state index contributed by atoms with van der Waals surface area (Å²) in [4.78, 5) is 12.6. The molecule has 0 aliphatic heterocycles. The predicted octanol–water partition coefficient (Wildman–Crippen LogP) is 3.08. The van der Waals surface area contributed by atoms with Crippen LogP contribution in [0.1, 0.15) is 50.5 Å². The minimum absolute atomic E-state index is 0.0340. The first-order chi connectivity index (χ1) is 12.9. The fraction of sp³-hybridized carbons (Fsp3) is 0.682. The van der Waals surface area contributed by atoms with Gasteiger partial charge in [0.25, 0.3) is 0 Å². The third-order valence-electron chi connectivity index (χ3n) is 6.87. The highest BCUT2D eigenvalue weighted by molar-refractivity contribution is 5.76. The normalized spacial score (nSPS) is 33.7. The topological polar surface area (TPSA) is 67.8 Å². The molecule has 5 nitrogen and oxygen atoms in total. The molecule has 0 heterocycles. The number of hydrogen-bond donors (Lipinski definition) is 2. The van der Waals surface area contributed by atoms with E-state index >= 15 is 0 Å². The highest BCUT2D eigenvalue weighted by Gasteiger charge is 2.57. The van der Waals surface area contributed by atoms with Gasteiger partial charge >= 0.3 is 0 Å². The first kappa shape index (κ1) is 18.6. The highest BCUT2D eigenvalue weighted by atomic mass is 16.5. The van der Waals surface area contributed by atoms with Crippen LogP contribution < -0.4 is 14.8 Å². The van der Waals surface area contributed by atoms with Gasteiger partial charge < -0.3 is 19.9 Å². The number of rotatable bonds is 7. The average molecular weight is 373 g/mol. The van der Waals surface area contributed by atoms with E-state index < -0.39 is 5.60 Å². The Morgan fingerprint density at radius 2 is 1.85 bits per heavy atom. The van der Waals surface area contributed by atoms with Gasteiger partial charge in [-0.05, 0) is 79.9 Å². The molecular formula is C22H31NO4. The lowest BCUT2D eigenvalue weighted by Crippen LogP contribution is -2.56. The van der Waals surface area contributed by atoms with E-state index in [4.69, 9.17) is 9.47 Å². The van der Waals surface area contributed by atoms with Crippen LogP contribution in [0, 0.1) is 17.3 Å². The maximum Gasteiger partial charge on any atom is 0.220 e. The fourth-order valence-electron chi connectivity index (χ4n) is 6.39. The first-order valence-corrected chi connectivity index (χ1v) is 10.1. The zero-order valence-electron chi connectivity index (χ0n) is 16.4. The van der Waals surface area contributed by atoms with E-state index in [1.165, 1.54) is 6.42 Å². The summed E-state index contributed by atoms with van der Waals surface area (Å²) in [6.45, 7) is 0.613. The molecule has 0 saturated heterocycles. The lowest BCUT2D eigenvalue weighted by Gasteiger charge is -2.60. The molecule has 27 heavy (non-hydrogen) atoms. The van der Waals surface area contributed by atoms with Crippen LogP contribution >= 0.6 is 0 Å². The van der Waals surface area contributed by atoms with Crippen molar-refractivity contribution in [2.75, 3.05) is 20.8 Å². The molecule has 4 fully saturated rings. The Labute approximate surface area is 161 Å². The van der Waals surface area contributed by atoms with Crippen molar-refractivity contribution < 1.29 is 19.4 Å². The Bertz CT molecular complexity index is 702. The highest BCUT2D eigenvalue weighted by Crippen LogP contribution is 2.62. The van der Waals surface area contributed by atoms with Gasteiger partial charge in [-0.2, -0.15) is 0 Å². The first-order valence-electron chi connectivity index (χ1n) is 10.1. The second kappa shape index (κ2) is 7.01. The molecule has 2 unspecified atom stereocenters. The van der Waals surface area contributed by atoms with Crippen molar-refractivity contribution in [3.63, 3.8) is 0 Å². The van der Waals surface area contributed by atoms with Crippen LogP contribution in [0.5, 0.6) is 11.5 Å². The molecule has 5 heteroatoms. The number of benzene rings is 1. The summed E-state index contributed by atoms with van der Waals surface area (Å²) in [5.74, 6) is 2.79. The number of carbonyl (C=O) groups excluding carboxylic acids is 1. The Balaban J connectivity index is 1.30. The third kappa shape index (κ3) is 3.79. The summed E-state index contributed by atoms with van der Waals surface area (Å²) in [7, 11) is 3.25. The molecule has 2 atom stereocenters. The average Bonchev–Trinajstić information content (AvgIpc) is 2.58. The fourth-order valence-corrected chi connectivity index (χ4v) is 6.39. The molecule has 1 aromatic carbocycles. The molecule has 4 aliphatic carbocycles. The van der Waals surface area contributed by atoms with Gasteiger partial charge in [-0.3, -0.25) is 4.79 Å². The van der Waals surface area contributed by atoms with Gasteiger partial charge in [0.15, 0.2) is 11.5 Å². The van der Waals surface area contributed by atoms with Gasteiger partial charge in [0.05, 0.1) is 19.8 Å². The zero-order chi connectivity index (χ0) is 19.1. The van der Waals surface area contributed by atoms with Crippen molar-refractivity contribution in [1.29, 1.82) is 0 Å². The van der Waals surface area contributed by atoms with Crippen molar-refractivity contribution >= 4 is 5.91 Å². The minimum atomic E-state index is -0.496. The molecule has 2 N–H and O–H groups in total. The van der Waals surface area contributed by atoms with Gasteiger partial charge in [-0.1, -0.05) is 6.07 Å². The Hall–Kier alpha value is -1.75. The molecular weight excluding hydrogens is 342 g/mol. The maximum atomic E-state index is 12.6. The number of aliphatic hydroxyl groups is 1. The molecule has 1 aromatic rings. The van der Waals surface area contributed by atoms with Gasteiger partial charge in [0, 0.05) is 13.0 Å². The minimum Gasteiger partial charge on any atom is -0.493 e. The lowest BCUT2D eigenvalue weighted by molar-refractivity contribution is -0.169. The second-order valence-corrected chi connectivity index (χ2v) is 9.15. The molecule has 4 saturated carbocycles. The van der Waals surface area contributed by atoms with E-state index in [1.54, 1.807) is 14.2 Å². The summed E-state index contributed by atoms with van der Waals surface area (Å²) in [6.07, 6.45) is 7.53. The van der Waals surface area contributed by atoms with Crippen LogP contribution in [-0.2, 0) is 11.2 Å². The smallest absolute Gasteiger partial charge is 0.220 e. The Morgan fingerprint density at radius 1 is 1.15 bits per heavy atom. The summed E-state index contributed by atoms with van der Waals surface area (Å²) in [6, 6.07) is 5.85. The van der Waals surface area contributed by atoms with Crippen LogP contribution in [0.3, 0.4) is 0 Å². The van der Waals surface area contributed by atoms with E-state index in [1.807, 2.05) is 18.2 Å². The molecule has 4 aliphatic rings. The number of nitrogens with one attached hydrogen (secondary N) is 1. The lowest BCUT2D eigenvalue weighted by atomic mass is 9.47. The number of hydrogen-bond acceptors (Lipinski definition) is 4. The summed E-state index contributed by atoms with van der Waals surface area (Å²) < 4.78 is 10.6. The van der Waals surface area contributed by atoms with E-state index in [-0.39, 0.29) is 11.3 Å². The summed E-state index contributed by atoms with van der Waals surface area (Å²) in [5.41, 5.74) is 0.646.